The lowest BCUT2D eigenvalue weighted by atomic mass is 10.2. The van der Waals surface area contributed by atoms with E-state index in [-0.39, 0.29) is 23.6 Å². The Morgan fingerprint density at radius 3 is 2.88 bits per heavy atom. The van der Waals surface area contributed by atoms with Crippen LogP contribution >= 0.6 is 12.2 Å². The lowest BCUT2D eigenvalue weighted by Crippen LogP contribution is -2.40. The van der Waals surface area contributed by atoms with E-state index in [9.17, 15) is 8.42 Å². The first kappa shape index (κ1) is 19.8. The average Bonchev–Trinajstić information content (AvgIpc) is 3.00. The van der Waals surface area contributed by atoms with Gasteiger partial charge in [-0.25, -0.2) is 8.42 Å². The zero-order valence-corrected chi connectivity index (χ0v) is 16.6. The second kappa shape index (κ2) is 8.24. The molecule has 140 valence electrons. The minimum atomic E-state index is -2.95. The smallest absolute Gasteiger partial charge is 0.187 e. The predicted octanol–water partition coefficient (Wildman–Crippen LogP) is 0.692. The molecule has 1 fully saturated rings. The van der Waals surface area contributed by atoms with Crippen LogP contribution < -0.4 is 10.7 Å². The summed E-state index contributed by atoms with van der Waals surface area (Å²) in [7, 11) is -1.32. The molecular weight excluding hydrogens is 362 g/mol. The highest BCUT2D eigenvalue weighted by molar-refractivity contribution is 7.91. The molecule has 0 spiro atoms. The molecule has 10 heteroatoms. The van der Waals surface area contributed by atoms with E-state index in [1.165, 1.54) is 0 Å². The van der Waals surface area contributed by atoms with Gasteiger partial charge in [-0.3, -0.25) is 10.1 Å². The van der Waals surface area contributed by atoms with Crippen molar-refractivity contribution in [1.29, 1.82) is 0 Å². The van der Waals surface area contributed by atoms with E-state index in [1.807, 2.05) is 20.8 Å². The van der Waals surface area contributed by atoms with Crippen LogP contribution in [0.15, 0.2) is 5.10 Å². The molecule has 1 aromatic heterocycles. The molecule has 0 saturated carbocycles. The van der Waals surface area contributed by atoms with Gasteiger partial charge in [-0.05, 0) is 39.4 Å². The fourth-order valence-corrected chi connectivity index (χ4v) is 4.84. The van der Waals surface area contributed by atoms with E-state index in [4.69, 9.17) is 17.0 Å². The summed E-state index contributed by atoms with van der Waals surface area (Å²) in [6, 6.07) is -0.0211. The van der Waals surface area contributed by atoms with Crippen LogP contribution in [0.5, 0.6) is 0 Å². The van der Waals surface area contributed by atoms with E-state index < -0.39 is 9.84 Å². The molecule has 0 bridgehead atoms. The van der Waals surface area contributed by atoms with Crippen molar-refractivity contribution in [3.8, 4) is 0 Å². The second-order valence-electron chi connectivity index (χ2n) is 6.29. The number of thiocarbonyl (C=S) groups is 1. The number of nitrogens with one attached hydrogen (secondary N) is 2. The van der Waals surface area contributed by atoms with Gasteiger partial charge in [0.1, 0.15) is 0 Å². The number of sulfone groups is 1. The maximum absolute atomic E-state index is 11.7. The van der Waals surface area contributed by atoms with Crippen LogP contribution in [0.3, 0.4) is 0 Å². The van der Waals surface area contributed by atoms with Crippen molar-refractivity contribution in [1.82, 2.24) is 20.5 Å². The fraction of sp³-hybridized carbons (Fsp3) is 0.667. The lowest BCUT2D eigenvalue weighted by molar-refractivity contribution is 0.179. The standard InChI is InChI=1S/C15H25N5O3S2/c1-10(8-23-4)17-15(24)18-16-7-14-11(2)19-20(12(14)3)13-5-6-25(21,22)9-13/h7,10,13H,5-6,8-9H2,1-4H3,(H2,17,18,24)/b16-7-/t10-,13+/m0/s1. The largest absolute Gasteiger partial charge is 0.383 e. The number of rotatable bonds is 6. The molecule has 1 aliphatic rings. The highest BCUT2D eigenvalue weighted by atomic mass is 32.2. The molecule has 2 atom stereocenters. The van der Waals surface area contributed by atoms with Crippen molar-refractivity contribution in [2.75, 3.05) is 25.2 Å². The predicted molar refractivity (Wildman–Crippen MR) is 102 cm³/mol. The molecule has 2 heterocycles. The van der Waals surface area contributed by atoms with Gasteiger partial charge in [-0.2, -0.15) is 10.2 Å². The summed E-state index contributed by atoms with van der Waals surface area (Å²) in [6.07, 6.45) is 2.26. The van der Waals surface area contributed by atoms with Crippen LogP contribution in [0.2, 0.25) is 0 Å². The van der Waals surface area contributed by atoms with Crippen LogP contribution in [-0.2, 0) is 14.6 Å². The minimum Gasteiger partial charge on any atom is -0.383 e. The molecule has 8 nitrogen and oxygen atoms in total. The third kappa shape index (κ3) is 5.23. The number of hydrazone groups is 1. The van der Waals surface area contributed by atoms with Crippen LogP contribution in [0.1, 0.15) is 36.3 Å². The molecule has 1 saturated heterocycles. The Morgan fingerprint density at radius 1 is 1.56 bits per heavy atom. The summed E-state index contributed by atoms with van der Waals surface area (Å²) in [5.74, 6) is 0.371. The number of hydrogen-bond acceptors (Lipinski definition) is 6. The van der Waals surface area contributed by atoms with Crippen molar-refractivity contribution >= 4 is 33.4 Å². The van der Waals surface area contributed by atoms with E-state index >= 15 is 0 Å². The zero-order valence-electron chi connectivity index (χ0n) is 14.9. The maximum atomic E-state index is 11.7. The maximum Gasteiger partial charge on any atom is 0.187 e. The summed E-state index contributed by atoms with van der Waals surface area (Å²) in [5, 5.41) is 12.1. The van der Waals surface area contributed by atoms with E-state index in [0.717, 1.165) is 17.0 Å². The third-order valence-corrected chi connectivity index (χ3v) is 6.05. The Bertz CT molecular complexity index is 757. The molecule has 25 heavy (non-hydrogen) atoms. The molecule has 0 amide bonds. The number of aryl methyl sites for hydroxylation is 1. The Labute approximate surface area is 153 Å². The first-order valence-electron chi connectivity index (χ1n) is 8.08. The number of methoxy groups -OCH3 is 1. The van der Waals surface area contributed by atoms with Crippen LogP contribution in [0, 0.1) is 13.8 Å². The summed E-state index contributed by atoms with van der Waals surface area (Å²) in [5.41, 5.74) is 5.34. The van der Waals surface area contributed by atoms with Crippen LogP contribution in [0.4, 0.5) is 0 Å². The fourth-order valence-electron chi connectivity index (χ4n) is 2.89. The number of aromatic nitrogens is 2. The van der Waals surface area contributed by atoms with Gasteiger partial charge in [0.2, 0.25) is 0 Å². The Morgan fingerprint density at radius 2 is 2.28 bits per heavy atom. The van der Waals surface area contributed by atoms with Gasteiger partial charge in [-0.15, -0.1) is 0 Å². The Hall–Kier alpha value is -1.52. The summed E-state index contributed by atoms with van der Waals surface area (Å²) < 4.78 is 30.2. The Balaban J connectivity index is 2.02. The molecular formula is C15H25N5O3S2. The molecule has 0 unspecified atom stereocenters. The van der Waals surface area contributed by atoms with E-state index in [2.05, 4.69) is 20.9 Å². The quantitative estimate of drug-likeness (QED) is 0.421. The topological polar surface area (TPSA) is 97.6 Å². The minimum absolute atomic E-state index is 0.0794. The van der Waals surface area contributed by atoms with Gasteiger partial charge >= 0.3 is 0 Å². The van der Waals surface area contributed by atoms with E-state index in [0.29, 0.717) is 18.1 Å². The first-order valence-corrected chi connectivity index (χ1v) is 10.3. The van der Waals surface area contributed by atoms with Crippen molar-refractivity contribution in [2.45, 2.75) is 39.3 Å². The van der Waals surface area contributed by atoms with Crippen LogP contribution in [-0.4, -0.2) is 60.8 Å². The number of nitrogens with zero attached hydrogens (tertiary/aromatic N) is 3. The van der Waals surface area contributed by atoms with Crippen molar-refractivity contribution < 1.29 is 13.2 Å². The van der Waals surface area contributed by atoms with Gasteiger partial charge in [-0.1, -0.05) is 0 Å². The molecule has 2 N–H and O–H groups in total. The van der Waals surface area contributed by atoms with E-state index in [1.54, 1.807) is 18.0 Å². The molecule has 1 aromatic rings. The van der Waals surface area contributed by atoms with Crippen LogP contribution in [0.25, 0.3) is 0 Å². The number of ether oxygens (including phenoxy) is 1. The first-order chi connectivity index (χ1) is 11.7. The van der Waals surface area contributed by atoms with Gasteiger partial charge in [0.15, 0.2) is 14.9 Å². The average molecular weight is 388 g/mol. The highest BCUT2D eigenvalue weighted by Crippen LogP contribution is 2.26. The Kier molecular flexibility index (Phi) is 6.53. The van der Waals surface area contributed by atoms with Crippen molar-refractivity contribution in [2.24, 2.45) is 5.10 Å². The molecule has 2 rings (SSSR count). The second-order valence-corrected chi connectivity index (χ2v) is 8.92. The molecule has 0 radical (unpaired) electrons. The highest BCUT2D eigenvalue weighted by Gasteiger charge is 2.31. The number of hydrogen-bond donors (Lipinski definition) is 2. The van der Waals surface area contributed by atoms with Crippen molar-refractivity contribution in [3.05, 3.63) is 17.0 Å². The summed E-state index contributed by atoms with van der Waals surface area (Å²) in [4.78, 5) is 0. The van der Waals surface area contributed by atoms with Gasteiger partial charge in [0.05, 0.1) is 36.1 Å². The van der Waals surface area contributed by atoms with Gasteiger partial charge in [0, 0.05) is 24.4 Å². The van der Waals surface area contributed by atoms with Gasteiger partial charge in [0.25, 0.3) is 0 Å². The normalized spacial score (nSPS) is 20.7. The SMILES string of the molecule is COC[C@H](C)NC(=S)N/N=C\c1c(C)nn([C@@H]2CCS(=O)(=O)C2)c1C. The zero-order chi connectivity index (χ0) is 18.6. The summed E-state index contributed by atoms with van der Waals surface area (Å²) in [6.45, 7) is 6.30. The molecule has 0 aliphatic carbocycles. The molecule has 1 aliphatic heterocycles. The molecule has 0 aromatic carbocycles. The lowest BCUT2D eigenvalue weighted by Gasteiger charge is -2.13. The monoisotopic (exact) mass is 387 g/mol. The van der Waals surface area contributed by atoms with Gasteiger partial charge < -0.3 is 10.1 Å². The van der Waals surface area contributed by atoms with Crippen molar-refractivity contribution in [3.63, 3.8) is 0 Å². The summed E-state index contributed by atoms with van der Waals surface area (Å²) >= 11 is 5.16. The third-order valence-electron chi connectivity index (χ3n) is 4.09.